The number of rotatable bonds is 3. The number of ether oxygens (including phenoxy) is 1. The van der Waals surface area contributed by atoms with Gasteiger partial charge < -0.3 is 10.5 Å². The highest BCUT2D eigenvalue weighted by molar-refractivity contribution is 9.10. The molecule has 1 aromatic heterocycles. The van der Waals surface area contributed by atoms with Gasteiger partial charge in [-0.3, -0.25) is 0 Å². The summed E-state index contributed by atoms with van der Waals surface area (Å²) in [5, 5.41) is 0. The van der Waals surface area contributed by atoms with Crippen LogP contribution in [0.2, 0.25) is 0 Å². The molecule has 0 unspecified atom stereocenters. The predicted octanol–water partition coefficient (Wildman–Crippen LogP) is 2.80. The molecule has 4 nitrogen and oxygen atoms in total. The van der Waals surface area contributed by atoms with Gasteiger partial charge in [0.05, 0.1) is 4.47 Å². The smallest absolute Gasteiger partial charge is 0.322 e. The van der Waals surface area contributed by atoms with Gasteiger partial charge in [-0.1, -0.05) is 12.2 Å². The third-order valence-electron chi connectivity index (χ3n) is 1.99. The molecule has 0 spiro atoms. The van der Waals surface area contributed by atoms with E-state index in [0.717, 1.165) is 0 Å². The number of nitrogens with zero attached hydrogens (tertiary/aromatic N) is 2. The Kier molecular flexibility index (Phi) is 3.83. The molecule has 92 valence electrons. The summed E-state index contributed by atoms with van der Waals surface area (Å²) in [5.41, 5.74) is 5.86. The van der Waals surface area contributed by atoms with Gasteiger partial charge in [-0.2, -0.15) is 4.98 Å². The molecule has 0 amide bonds. The standard InChI is InChI=1S/C11H7BrFN3OS/c12-7-5-6(1-2-8(7)13)17-11-15-4-3-9(16-11)10(14)18/h1-5H,(H2,14,18). The molecule has 0 radical (unpaired) electrons. The van der Waals surface area contributed by atoms with Crippen LogP contribution in [-0.4, -0.2) is 15.0 Å². The van der Waals surface area contributed by atoms with Gasteiger partial charge in [0, 0.05) is 6.20 Å². The molecule has 0 aliphatic carbocycles. The van der Waals surface area contributed by atoms with Crippen LogP contribution in [0.3, 0.4) is 0 Å². The SMILES string of the molecule is NC(=S)c1ccnc(Oc2ccc(F)c(Br)c2)n1. The molecular weight excluding hydrogens is 321 g/mol. The first-order chi connectivity index (χ1) is 8.56. The molecular formula is C11H7BrFN3OS. The zero-order chi connectivity index (χ0) is 13.1. The topological polar surface area (TPSA) is 61.0 Å². The summed E-state index contributed by atoms with van der Waals surface area (Å²) in [4.78, 5) is 8.08. The summed E-state index contributed by atoms with van der Waals surface area (Å²) in [5.74, 6) is 0.0310. The number of hydrogen-bond donors (Lipinski definition) is 1. The highest BCUT2D eigenvalue weighted by Gasteiger charge is 2.06. The lowest BCUT2D eigenvalue weighted by Crippen LogP contribution is -2.12. The van der Waals surface area contributed by atoms with E-state index >= 15 is 0 Å². The lowest BCUT2D eigenvalue weighted by molar-refractivity contribution is 0.439. The van der Waals surface area contributed by atoms with Crippen LogP contribution < -0.4 is 10.5 Å². The van der Waals surface area contributed by atoms with Gasteiger partial charge in [-0.25, -0.2) is 9.37 Å². The second-order valence-corrected chi connectivity index (χ2v) is 4.56. The van der Waals surface area contributed by atoms with Crippen molar-refractivity contribution in [2.45, 2.75) is 0 Å². The van der Waals surface area contributed by atoms with E-state index in [1.54, 1.807) is 6.07 Å². The number of nitrogens with two attached hydrogens (primary N) is 1. The summed E-state index contributed by atoms with van der Waals surface area (Å²) >= 11 is 7.86. The van der Waals surface area contributed by atoms with Crippen LogP contribution >= 0.6 is 28.1 Å². The molecule has 7 heteroatoms. The monoisotopic (exact) mass is 327 g/mol. The molecule has 0 atom stereocenters. The van der Waals surface area contributed by atoms with E-state index in [4.69, 9.17) is 22.7 Å². The maximum Gasteiger partial charge on any atom is 0.322 e. The molecule has 2 aromatic rings. The predicted molar refractivity (Wildman–Crippen MR) is 72.1 cm³/mol. The zero-order valence-electron chi connectivity index (χ0n) is 8.93. The van der Waals surface area contributed by atoms with Gasteiger partial charge in [0.25, 0.3) is 0 Å². The van der Waals surface area contributed by atoms with Crippen molar-refractivity contribution in [1.29, 1.82) is 0 Å². The van der Waals surface area contributed by atoms with Crippen LogP contribution in [0, 0.1) is 5.82 Å². The number of thiocarbonyl (C=S) groups is 1. The second-order valence-electron chi connectivity index (χ2n) is 3.27. The molecule has 1 aromatic carbocycles. The van der Waals surface area contributed by atoms with Crippen LogP contribution in [0.5, 0.6) is 11.8 Å². The zero-order valence-corrected chi connectivity index (χ0v) is 11.3. The maximum atomic E-state index is 13.0. The third-order valence-corrected chi connectivity index (χ3v) is 2.80. The third kappa shape index (κ3) is 2.99. The van der Waals surface area contributed by atoms with Gasteiger partial charge >= 0.3 is 6.01 Å². The van der Waals surface area contributed by atoms with Crippen LogP contribution in [-0.2, 0) is 0 Å². The minimum absolute atomic E-state index is 0.0961. The average molecular weight is 328 g/mol. The fourth-order valence-corrected chi connectivity index (χ4v) is 1.64. The summed E-state index contributed by atoms with van der Waals surface area (Å²) in [6.07, 6.45) is 1.48. The number of aromatic nitrogens is 2. The van der Waals surface area contributed by atoms with Crippen LogP contribution in [0.4, 0.5) is 4.39 Å². The largest absolute Gasteiger partial charge is 0.424 e. The molecule has 0 saturated carbocycles. The van der Waals surface area contributed by atoms with E-state index in [0.29, 0.717) is 15.9 Å². The molecule has 18 heavy (non-hydrogen) atoms. The molecule has 0 bridgehead atoms. The first-order valence-corrected chi connectivity index (χ1v) is 6.02. The number of halogens is 2. The highest BCUT2D eigenvalue weighted by atomic mass is 79.9. The van der Waals surface area contributed by atoms with E-state index in [-0.39, 0.29) is 16.8 Å². The Hall–Kier alpha value is -1.60. The average Bonchev–Trinajstić information content (AvgIpc) is 2.34. The van der Waals surface area contributed by atoms with E-state index < -0.39 is 0 Å². The van der Waals surface area contributed by atoms with Crippen LogP contribution in [0.15, 0.2) is 34.9 Å². The van der Waals surface area contributed by atoms with Crippen molar-refractivity contribution in [3.63, 3.8) is 0 Å². The normalized spacial score (nSPS) is 10.1. The number of benzene rings is 1. The van der Waals surface area contributed by atoms with Gasteiger partial charge in [-0.15, -0.1) is 0 Å². The summed E-state index contributed by atoms with van der Waals surface area (Å²) in [6, 6.07) is 5.90. The van der Waals surface area contributed by atoms with E-state index in [2.05, 4.69) is 25.9 Å². The molecule has 0 aliphatic heterocycles. The Labute approximate surface area is 116 Å². The van der Waals surface area contributed by atoms with Crippen LogP contribution in [0.25, 0.3) is 0 Å². The Morgan fingerprint density at radius 1 is 1.39 bits per heavy atom. The van der Waals surface area contributed by atoms with Gasteiger partial charge in [-0.05, 0) is 40.2 Å². The minimum Gasteiger partial charge on any atom is -0.424 e. The molecule has 2 N–H and O–H groups in total. The van der Waals surface area contributed by atoms with Crippen molar-refractivity contribution in [2.75, 3.05) is 0 Å². The van der Waals surface area contributed by atoms with Crippen molar-refractivity contribution in [1.82, 2.24) is 9.97 Å². The fourth-order valence-electron chi connectivity index (χ4n) is 1.17. The Morgan fingerprint density at radius 2 is 2.17 bits per heavy atom. The molecule has 0 fully saturated rings. The first-order valence-electron chi connectivity index (χ1n) is 4.82. The molecule has 0 saturated heterocycles. The Morgan fingerprint density at radius 3 is 2.83 bits per heavy atom. The lowest BCUT2D eigenvalue weighted by Gasteiger charge is -2.05. The Bertz CT molecular complexity index is 609. The van der Waals surface area contributed by atoms with E-state index in [1.165, 1.54) is 24.4 Å². The van der Waals surface area contributed by atoms with Crippen molar-refractivity contribution in [3.05, 3.63) is 46.4 Å². The van der Waals surface area contributed by atoms with Gasteiger partial charge in [0.1, 0.15) is 22.2 Å². The summed E-state index contributed by atoms with van der Waals surface area (Å²) in [6.45, 7) is 0. The lowest BCUT2D eigenvalue weighted by atomic mass is 10.3. The fraction of sp³-hybridized carbons (Fsp3) is 0. The van der Waals surface area contributed by atoms with Crippen molar-refractivity contribution in [3.8, 4) is 11.8 Å². The first kappa shape index (κ1) is 12.8. The maximum absolute atomic E-state index is 13.0. The van der Waals surface area contributed by atoms with Crippen molar-refractivity contribution >= 4 is 33.1 Å². The molecule has 1 heterocycles. The van der Waals surface area contributed by atoms with E-state index in [1.807, 2.05) is 0 Å². The number of hydrogen-bond acceptors (Lipinski definition) is 4. The van der Waals surface area contributed by atoms with Crippen molar-refractivity contribution in [2.24, 2.45) is 5.73 Å². The van der Waals surface area contributed by atoms with Crippen LogP contribution in [0.1, 0.15) is 5.69 Å². The van der Waals surface area contributed by atoms with Gasteiger partial charge in [0.15, 0.2) is 0 Å². The van der Waals surface area contributed by atoms with Gasteiger partial charge in [0.2, 0.25) is 0 Å². The summed E-state index contributed by atoms with van der Waals surface area (Å²) < 4.78 is 18.7. The van der Waals surface area contributed by atoms with E-state index in [9.17, 15) is 4.39 Å². The summed E-state index contributed by atoms with van der Waals surface area (Å²) in [7, 11) is 0. The Balaban J connectivity index is 2.25. The highest BCUT2D eigenvalue weighted by Crippen LogP contribution is 2.24. The quantitative estimate of drug-likeness (QED) is 0.878. The second kappa shape index (κ2) is 5.36. The molecule has 2 rings (SSSR count). The molecule has 0 aliphatic rings. The minimum atomic E-state index is -0.375. The van der Waals surface area contributed by atoms with Crippen molar-refractivity contribution < 1.29 is 9.13 Å².